The molecule has 4 nitrogen and oxygen atoms in total. The maximum Gasteiger partial charge on any atom is 0.189 e. The van der Waals surface area contributed by atoms with Gasteiger partial charge >= 0.3 is 0 Å². The maximum atomic E-state index is 5.63. The summed E-state index contributed by atoms with van der Waals surface area (Å²) in [5.41, 5.74) is 1.22. The van der Waals surface area contributed by atoms with Gasteiger partial charge in [0.25, 0.3) is 0 Å². The van der Waals surface area contributed by atoms with Crippen molar-refractivity contribution in [2.45, 2.75) is 38.3 Å². The number of hydrogen-bond donors (Lipinski definition) is 1. The van der Waals surface area contributed by atoms with Crippen molar-refractivity contribution in [1.82, 2.24) is 5.32 Å². The van der Waals surface area contributed by atoms with Crippen molar-refractivity contribution in [2.24, 2.45) is 5.92 Å². The van der Waals surface area contributed by atoms with Crippen molar-refractivity contribution < 1.29 is 14.2 Å². The van der Waals surface area contributed by atoms with Crippen LogP contribution in [0.5, 0.6) is 11.5 Å². The highest BCUT2D eigenvalue weighted by molar-refractivity contribution is 5.42. The number of benzene rings is 1. The smallest absolute Gasteiger partial charge is 0.189 e. The Labute approximate surface area is 120 Å². The fraction of sp³-hybridized carbons (Fsp3) is 0.625. The summed E-state index contributed by atoms with van der Waals surface area (Å²) in [5.74, 6) is 2.28. The lowest BCUT2D eigenvalue weighted by Crippen LogP contribution is -2.15. The highest BCUT2D eigenvalue weighted by Crippen LogP contribution is 2.30. The molecule has 0 aliphatic heterocycles. The highest BCUT2D eigenvalue weighted by Gasteiger charge is 2.21. The van der Waals surface area contributed by atoms with Gasteiger partial charge in [-0.25, -0.2) is 0 Å². The highest BCUT2D eigenvalue weighted by atomic mass is 16.7. The Morgan fingerprint density at radius 3 is 2.70 bits per heavy atom. The van der Waals surface area contributed by atoms with Gasteiger partial charge in [0.05, 0.1) is 13.7 Å². The molecule has 0 saturated heterocycles. The SMILES string of the molecule is COc1cc(CNC2CC2)ccc1OCOCC1CC1. The monoisotopic (exact) mass is 277 g/mol. The van der Waals surface area contributed by atoms with E-state index >= 15 is 0 Å². The lowest BCUT2D eigenvalue weighted by Gasteiger charge is -2.12. The van der Waals surface area contributed by atoms with Crippen molar-refractivity contribution in [3.8, 4) is 11.5 Å². The van der Waals surface area contributed by atoms with Crippen molar-refractivity contribution in [3.63, 3.8) is 0 Å². The van der Waals surface area contributed by atoms with Gasteiger partial charge in [0.2, 0.25) is 0 Å². The molecule has 2 saturated carbocycles. The van der Waals surface area contributed by atoms with Gasteiger partial charge in [-0.3, -0.25) is 0 Å². The predicted octanol–water partition coefficient (Wildman–Crippen LogP) is 2.71. The summed E-state index contributed by atoms with van der Waals surface area (Å²) in [6, 6.07) is 6.79. The van der Waals surface area contributed by atoms with Crippen LogP contribution in [0, 0.1) is 5.92 Å². The van der Waals surface area contributed by atoms with E-state index in [4.69, 9.17) is 14.2 Å². The lowest BCUT2D eigenvalue weighted by atomic mass is 10.2. The molecule has 0 amide bonds. The average Bonchev–Trinajstić information content (AvgIpc) is 3.36. The third kappa shape index (κ3) is 4.12. The van der Waals surface area contributed by atoms with E-state index in [1.807, 2.05) is 12.1 Å². The first kappa shape index (κ1) is 13.7. The Balaban J connectivity index is 1.49. The fourth-order valence-corrected chi connectivity index (χ4v) is 2.10. The number of methoxy groups -OCH3 is 1. The van der Waals surface area contributed by atoms with E-state index in [2.05, 4.69) is 11.4 Å². The summed E-state index contributed by atoms with van der Waals surface area (Å²) >= 11 is 0. The number of nitrogens with one attached hydrogen (secondary N) is 1. The molecule has 0 atom stereocenters. The molecule has 0 spiro atoms. The van der Waals surface area contributed by atoms with Crippen LogP contribution in [-0.2, 0) is 11.3 Å². The van der Waals surface area contributed by atoms with Crippen LogP contribution in [0.3, 0.4) is 0 Å². The van der Waals surface area contributed by atoms with E-state index in [-0.39, 0.29) is 0 Å². The second-order valence-electron chi connectivity index (χ2n) is 5.72. The second kappa shape index (κ2) is 6.46. The summed E-state index contributed by atoms with van der Waals surface area (Å²) < 4.78 is 16.5. The molecule has 1 aromatic rings. The molecule has 0 unspecified atom stereocenters. The minimum Gasteiger partial charge on any atom is -0.493 e. The predicted molar refractivity (Wildman–Crippen MR) is 77.0 cm³/mol. The molecule has 1 aromatic carbocycles. The van der Waals surface area contributed by atoms with Crippen LogP contribution < -0.4 is 14.8 Å². The minimum absolute atomic E-state index is 0.298. The molecule has 2 fully saturated rings. The summed E-state index contributed by atoms with van der Waals surface area (Å²) in [4.78, 5) is 0. The minimum atomic E-state index is 0.298. The van der Waals surface area contributed by atoms with Crippen LogP contribution >= 0.6 is 0 Å². The molecule has 4 heteroatoms. The van der Waals surface area contributed by atoms with Gasteiger partial charge in [0.15, 0.2) is 18.3 Å². The zero-order valence-electron chi connectivity index (χ0n) is 12.1. The molecule has 0 bridgehead atoms. The van der Waals surface area contributed by atoms with Gasteiger partial charge in [0.1, 0.15) is 0 Å². The van der Waals surface area contributed by atoms with Gasteiger partial charge in [0, 0.05) is 12.6 Å². The maximum absolute atomic E-state index is 5.63. The van der Waals surface area contributed by atoms with E-state index in [0.717, 1.165) is 30.6 Å². The van der Waals surface area contributed by atoms with Crippen LogP contribution in [0.15, 0.2) is 18.2 Å². The van der Waals surface area contributed by atoms with Crippen molar-refractivity contribution in [3.05, 3.63) is 23.8 Å². The van der Waals surface area contributed by atoms with Crippen molar-refractivity contribution in [1.29, 1.82) is 0 Å². The zero-order chi connectivity index (χ0) is 13.8. The van der Waals surface area contributed by atoms with E-state index < -0.39 is 0 Å². The van der Waals surface area contributed by atoms with Gasteiger partial charge in [-0.15, -0.1) is 0 Å². The summed E-state index contributed by atoms with van der Waals surface area (Å²) in [7, 11) is 1.67. The molecular weight excluding hydrogens is 254 g/mol. The standard InChI is InChI=1S/C16H23NO3/c1-18-16-8-13(9-17-14-5-6-14)4-7-15(16)20-11-19-10-12-2-3-12/h4,7-8,12,14,17H,2-3,5-6,9-11H2,1H3. The molecule has 2 aliphatic rings. The van der Waals surface area contributed by atoms with Crippen LogP contribution in [0.4, 0.5) is 0 Å². The van der Waals surface area contributed by atoms with Gasteiger partial charge < -0.3 is 19.5 Å². The molecule has 1 N–H and O–H groups in total. The van der Waals surface area contributed by atoms with Gasteiger partial charge in [-0.05, 0) is 49.3 Å². The Hall–Kier alpha value is -1.26. The van der Waals surface area contributed by atoms with Gasteiger partial charge in [-0.1, -0.05) is 6.07 Å². The first-order valence-corrected chi connectivity index (χ1v) is 7.46. The Bertz CT molecular complexity index is 441. The summed E-state index contributed by atoms with van der Waals surface area (Å²) in [5, 5.41) is 3.49. The van der Waals surface area contributed by atoms with Crippen LogP contribution in [-0.4, -0.2) is 26.6 Å². The molecule has 0 aromatic heterocycles. The largest absolute Gasteiger partial charge is 0.493 e. The molecule has 110 valence electrons. The Kier molecular flexibility index (Phi) is 4.43. The molecule has 3 rings (SSSR count). The number of hydrogen-bond acceptors (Lipinski definition) is 4. The fourth-order valence-electron chi connectivity index (χ4n) is 2.10. The van der Waals surface area contributed by atoms with E-state index in [9.17, 15) is 0 Å². The Morgan fingerprint density at radius 1 is 1.15 bits per heavy atom. The van der Waals surface area contributed by atoms with E-state index in [1.165, 1.54) is 31.2 Å². The normalized spacial score (nSPS) is 18.1. The quantitative estimate of drug-likeness (QED) is 0.556. The number of rotatable bonds is 9. The van der Waals surface area contributed by atoms with Crippen molar-refractivity contribution in [2.75, 3.05) is 20.5 Å². The summed E-state index contributed by atoms with van der Waals surface area (Å²) in [6.07, 6.45) is 5.20. The lowest BCUT2D eigenvalue weighted by molar-refractivity contribution is 0.00865. The first-order chi connectivity index (χ1) is 9.85. The average molecular weight is 277 g/mol. The van der Waals surface area contributed by atoms with E-state index in [0.29, 0.717) is 12.8 Å². The van der Waals surface area contributed by atoms with Gasteiger partial charge in [-0.2, -0.15) is 0 Å². The Morgan fingerprint density at radius 2 is 2.00 bits per heavy atom. The van der Waals surface area contributed by atoms with E-state index in [1.54, 1.807) is 7.11 Å². The van der Waals surface area contributed by atoms with Crippen LogP contribution in [0.2, 0.25) is 0 Å². The number of ether oxygens (including phenoxy) is 3. The molecule has 0 heterocycles. The topological polar surface area (TPSA) is 39.7 Å². The second-order valence-corrected chi connectivity index (χ2v) is 5.72. The third-order valence-electron chi connectivity index (χ3n) is 3.75. The van der Waals surface area contributed by atoms with Crippen LogP contribution in [0.1, 0.15) is 31.2 Å². The van der Waals surface area contributed by atoms with Crippen molar-refractivity contribution >= 4 is 0 Å². The molecule has 2 aliphatic carbocycles. The first-order valence-electron chi connectivity index (χ1n) is 7.46. The third-order valence-corrected chi connectivity index (χ3v) is 3.75. The summed E-state index contributed by atoms with van der Waals surface area (Å²) in [6.45, 7) is 2.00. The zero-order valence-corrected chi connectivity index (χ0v) is 12.1. The molecular formula is C16H23NO3. The molecule has 0 radical (unpaired) electrons. The van der Waals surface area contributed by atoms with Crippen LogP contribution in [0.25, 0.3) is 0 Å². The molecule has 20 heavy (non-hydrogen) atoms.